The minimum atomic E-state index is -0.686. The van der Waals surface area contributed by atoms with Gasteiger partial charge < -0.3 is 18.6 Å². The van der Waals surface area contributed by atoms with Gasteiger partial charge in [0.05, 0.1) is 16.5 Å². The van der Waals surface area contributed by atoms with E-state index in [2.05, 4.69) is 10.3 Å². The first kappa shape index (κ1) is 16.4. The number of anilines is 1. The van der Waals surface area contributed by atoms with E-state index in [0.29, 0.717) is 40.9 Å². The summed E-state index contributed by atoms with van der Waals surface area (Å²) in [5, 5.41) is 3.02. The van der Waals surface area contributed by atoms with Gasteiger partial charge in [-0.05, 0) is 13.0 Å². The summed E-state index contributed by atoms with van der Waals surface area (Å²) in [7, 11) is 0. The lowest BCUT2D eigenvalue weighted by molar-refractivity contribution is -0.119. The third-order valence-corrected chi connectivity index (χ3v) is 4.61. The lowest BCUT2D eigenvalue weighted by atomic mass is 10.3. The van der Waals surface area contributed by atoms with Crippen LogP contribution in [0.4, 0.5) is 5.13 Å². The molecule has 2 aromatic heterocycles. The molecule has 9 heteroatoms. The number of carbonyl (C=O) groups excluding carboxylic acids is 2. The molecule has 0 fully saturated rings. The number of carbonyl (C=O) groups is 2. The molecule has 0 atom stereocenters. The van der Waals surface area contributed by atoms with E-state index < -0.39 is 18.5 Å². The number of benzene rings is 1. The maximum Gasteiger partial charge on any atom is 0.375 e. The quantitative estimate of drug-likeness (QED) is 0.701. The number of rotatable bonds is 4. The van der Waals surface area contributed by atoms with E-state index in [0.717, 1.165) is 4.70 Å². The van der Waals surface area contributed by atoms with Crippen molar-refractivity contribution in [3.8, 4) is 11.5 Å². The van der Waals surface area contributed by atoms with Crippen LogP contribution in [-0.2, 0) is 9.53 Å². The van der Waals surface area contributed by atoms with Crippen molar-refractivity contribution in [1.82, 2.24) is 4.98 Å². The van der Waals surface area contributed by atoms with Crippen molar-refractivity contribution in [2.45, 2.75) is 6.92 Å². The molecule has 4 rings (SSSR count). The monoisotopic (exact) mass is 374 g/mol. The number of esters is 1. The number of furan rings is 1. The molecule has 1 aromatic carbocycles. The van der Waals surface area contributed by atoms with Gasteiger partial charge in [-0.25, -0.2) is 9.78 Å². The summed E-state index contributed by atoms with van der Waals surface area (Å²) in [5.74, 6) is 0.207. The van der Waals surface area contributed by atoms with Gasteiger partial charge in [0.15, 0.2) is 23.2 Å². The number of hydrogen-bond donors (Lipinski definition) is 1. The summed E-state index contributed by atoms with van der Waals surface area (Å²) < 4.78 is 21.9. The smallest absolute Gasteiger partial charge is 0.375 e. The van der Waals surface area contributed by atoms with Gasteiger partial charge in [-0.1, -0.05) is 11.3 Å². The predicted molar refractivity (Wildman–Crippen MR) is 93.0 cm³/mol. The van der Waals surface area contributed by atoms with Crippen LogP contribution in [0.1, 0.15) is 16.1 Å². The van der Waals surface area contributed by atoms with Gasteiger partial charge in [0.1, 0.15) is 13.2 Å². The molecule has 3 heterocycles. The zero-order valence-electron chi connectivity index (χ0n) is 13.7. The van der Waals surface area contributed by atoms with Crippen molar-refractivity contribution in [2.75, 3.05) is 25.1 Å². The van der Waals surface area contributed by atoms with Crippen molar-refractivity contribution in [3.05, 3.63) is 35.8 Å². The van der Waals surface area contributed by atoms with Gasteiger partial charge in [-0.3, -0.25) is 10.1 Å². The van der Waals surface area contributed by atoms with Gasteiger partial charge in [0, 0.05) is 17.7 Å². The Morgan fingerprint density at radius 1 is 1.27 bits per heavy atom. The Balaban J connectivity index is 1.41. The maximum atomic E-state index is 12.0. The fourth-order valence-corrected chi connectivity index (χ4v) is 3.34. The van der Waals surface area contributed by atoms with Crippen LogP contribution >= 0.6 is 11.3 Å². The lowest BCUT2D eigenvalue weighted by Crippen LogP contribution is -2.20. The molecule has 1 amide bonds. The van der Waals surface area contributed by atoms with E-state index >= 15 is 0 Å². The molecule has 0 saturated carbocycles. The molecule has 1 N–H and O–H groups in total. The molecule has 26 heavy (non-hydrogen) atoms. The predicted octanol–water partition coefficient (Wildman–Crippen LogP) is 2.76. The third-order valence-electron chi connectivity index (χ3n) is 3.68. The van der Waals surface area contributed by atoms with Gasteiger partial charge >= 0.3 is 5.97 Å². The standard InChI is InChI=1S/C17H14N2O6S/c1-9-2-3-24-15(9)16(21)25-8-14(20)19-17-18-10-6-11-12(7-13(10)26-17)23-5-4-22-11/h2-3,6-7H,4-5,8H2,1H3,(H,18,19,20). The number of nitrogens with one attached hydrogen (secondary N) is 1. The summed E-state index contributed by atoms with van der Waals surface area (Å²) in [6.45, 7) is 2.28. The average Bonchev–Trinajstić information content (AvgIpc) is 3.22. The largest absolute Gasteiger partial charge is 0.486 e. The SMILES string of the molecule is Cc1ccoc1C(=O)OCC(=O)Nc1nc2cc3c(cc2s1)OCCO3. The fourth-order valence-electron chi connectivity index (χ4n) is 2.45. The molecule has 0 bridgehead atoms. The first-order chi connectivity index (χ1) is 12.6. The van der Waals surface area contributed by atoms with Crippen LogP contribution in [0.2, 0.25) is 0 Å². The number of fused-ring (bicyclic) bond motifs is 2. The summed E-state index contributed by atoms with van der Waals surface area (Å²) in [5.41, 5.74) is 1.34. The minimum Gasteiger partial charge on any atom is -0.486 e. The number of aromatic nitrogens is 1. The normalized spacial score (nSPS) is 12.8. The molecule has 134 valence electrons. The van der Waals surface area contributed by atoms with E-state index in [1.54, 1.807) is 19.1 Å². The highest BCUT2D eigenvalue weighted by atomic mass is 32.1. The van der Waals surface area contributed by atoms with Gasteiger partial charge in [0.2, 0.25) is 5.76 Å². The van der Waals surface area contributed by atoms with Crippen LogP contribution in [0.3, 0.4) is 0 Å². The molecule has 3 aromatic rings. The third kappa shape index (κ3) is 3.21. The highest BCUT2D eigenvalue weighted by molar-refractivity contribution is 7.22. The van der Waals surface area contributed by atoms with E-state index in [-0.39, 0.29) is 5.76 Å². The summed E-state index contributed by atoms with van der Waals surface area (Å²) in [6.07, 6.45) is 1.39. The van der Waals surface area contributed by atoms with Crippen LogP contribution in [0.5, 0.6) is 11.5 Å². The molecule has 1 aliphatic rings. The Kier molecular flexibility index (Phi) is 4.21. The average molecular weight is 374 g/mol. The zero-order chi connectivity index (χ0) is 18.1. The van der Waals surface area contributed by atoms with Crippen LogP contribution in [0, 0.1) is 6.92 Å². The number of thiazole rings is 1. The second-order valence-electron chi connectivity index (χ2n) is 5.54. The van der Waals surface area contributed by atoms with Gasteiger partial charge in [-0.15, -0.1) is 0 Å². The van der Waals surface area contributed by atoms with Crippen molar-refractivity contribution >= 4 is 38.6 Å². The first-order valence-electron chi connectivity index (χ1n) is 7.81. The van der Waals surface area contributed by atoms with Crippen LogP contribution < -0.4 is 14.8 Å². The number of nitrogens with zero attached hydrogens (tertiary/aromatic N) is 1. The molecule has 0 saturated heterocycles. The molecule has 1 aliphatic heterocycles. The zero-order valence-corrected chi connectivity index (χ0v) is 14.6. The highest BCUT2D eigenvalue weighted by Gasteiger charge is 2.18. The van der Waals surface area contributed by atoms with Crippen molar-refractivity contribution in [2.24, 2.45) is 0 Å². The van der Waals surface area contributed by atoms with Crippen molar-refractivity contribution in [1.29, 1.82) is 0 Å². The summed E-state index contributed by atoms with van der Waals surface area (Å²) >= 11 is 1.30. The Bertz CT molecular complexity index is 949. The van der Waals surface area contributed by atoms with Gasteiger partial charge in [-0.2, -0.15) is 0 Å². The van der Waals surface area contributed by atoms with E-state index in [4.69, 9.17) is 18.6 Å². The Morgan fingerprint density at radius 3 is 2.77 bits per heavy atom. The molecular weight excluding hydrogens is 360 g/mol. The maximum absolute atomic E-state index is 12.0. The van der Waals surface area contributed by atoms with Gasteiger partial charge in [0.25, 0.3) is 5.91 Å². The Hall–Kier alpha value is -3.07. The van der Waals surface area contributed by atoms with Crippen molar-refractivity contribution in [3.63, 3.8) is 0 Å². The topological polar surface area (TPSA) is 99.9 Å². The summed E-state index contributed by atoms with van der Waals surface area (Å²) in [6, 6.07) is 5.25. The molecule has 0 radical (unpaired) electrons. The van der Waals surface area contributed by atoms with Crippen LogP contribution in [0.15, 0.2) is 28.9 Å². The first-order valence-corrected chi connectivity index (χ1v) is 8.63. The number of hydrogen-bond acceptors (Lipinski definition) is 8. The molecule has 0 unspecified atom stereocenters. The lowest BCUT2D eigenvalue weighted by Gasteiger charge is -2.17. The number of ether oxygens (including phenoxy) is 3. The highest BCUT2D eigenvalue weighted by Crippen LogP contribution is 2.37. The van der Waals surface area contributed by atoms with Crippen LogP contribution in [-0.4, -0.2) is 36.7 Å². The Labute approximate surface area is 151 Å². The molecule has 0 spiro atoms. The summed E-state index contributed by atoms with van der Waals surface area (Å²) in [4.78, 5) is 28.2. The molecular formula is C17H14N2O6S. The molecule has 8 nitrogen and oxygen atoms in total. The van der Waals surface area contributed by atoms with E-state index in [9.17, 15) is 9.59 Å². The van der Waals surface area contributed by atoms with E-state index in [1.165, 1.54) is 17.6 Å². The minimum absolute atomic E-state index is 0.0865. The molecule has 0 aliphatic carbocycles. The van der Waals surface area contributed by atoms with Crippen LogP contribution in [0.25, 0.3) is 10.2 Å². The fraction of sp³-hybridized carbons (Fsp3) is 0.235. The number of amides is 1. The second kappa shape index (κ2) is 6.68. The number of aryl methyl sites for hydroxylation is 1. The second-order valence-corrected chi connectivity index (χ2v) is 6.57. The van der Waals surface area contributed by atoms with Crippen molar-refractivity contribution < 1.29 is 28.2 Å². The Morgan fingerprint density at radius 2 is 2.04 bits per heavy atom. The van der Waals surface area contributed by atoms with E-state index in [1.807, 2.05) is 6.07 Å².